The van der Waals surface area contributed by atoms with E-state index in [2.05, 4.69) is 30.1 Å². The predicted octanol–water partition coefficient (Wildman–Crippen LogP) is 3.81. The fraction of sp³-hybridized carbons (Fsp3) is 0.133. The molecule has 0 saturated heterocycles. The lowest BCUT2D eigenvalue weighted by Crippen LogP contribution is -1.86. The molecule has 1 heterocycles. The first-order valence-electron chi connectivity index (χ1n) is 6.15. The summed E-state index contributed by atoms with van der Waals surface area (Å²) in [4.78, 5) is 4.64. The van der Waals surface area contributed by atoms with Crippen molar-refractivity contribution in [3.63, 3.8) is 0 Å². The fourth-order valence-corrected chi connectivity index (χ4v) is 2.95. The normalized spacial score (nSPS) is 11.0. The molecular formula is C15H14N2OS. The van der Waals surface area contributed by atoms with E-state index in [0.717, 1.165) is 22.5 Å². The molecule has 0 fully saturated rings. The van der Waals surface area contributed by atoms with Crippen molar-refractivity contribution >= 4 is 27.2 Å². The fourth-order valence-electron chi connectivity index (χ4n) is 2.00. The van der Waals surface area contributed by atoms with Crippen LogP contribution < -0.4 is 5.73 Å². The Kier molecular flexibility index (Phi) is 2.87. The number of aromatic nitrogens is 1. The van der Waals surface area contributed by atoms with Crippen LogP contribution in [0, 0.1) is 0 Å². The van der Waals surface area contributed by atoms with Gasteiger partial charge in [-0.05, 0) is 42.3 Å². The number of hydrogen-bond acceptors (Lipinski definition) is 4. The molecule has 4 heteroatoms. The number of phenols is 1. The number of rotatable bonds is 2. The van der Waals surface area contributed by atoms with Gasteiger partial charge in [-0.3, -0.25) is 0 Å². The molecule has 2 aromatic carbocycles. The van der Waals surface area contributed by atoms with E-state index in [0.29, 0.717) is 5.69 Å². The maximum Gasteiger partial charge on any atom is 0.138 e. The summed E-state index contributed by atoms with van der Waals surface area (Å²) in [7, 11) is 0. The first kappa shape index (κ1) is 12.0. The Morgan fingerprint density at radius 1 is 1.21 bits per heavy atom. The number of phenolic OH excluding ortho intramolecular Hbond substituents is 1. The molecule has 3 N–H and O–H groups in total. The zero-order chi connectivity index (χ0) is 13.4. The van der Waals surface area contributed by atoms with Crippen molar-refractivity contribution in [3.8, 4) is 16.3 Å². The van der Waals surface area contributed by atoms with Gasteiger partial charge < -0.3 is 10.8 Å². The summed E-state index contributed by atoms with van der Waals surface area (Å²) < 4.78 is 1.17. The lowest BCUT2D eigenvalue weighted by Gasteiger charge is -2.00. The van der Waals surface area contributed by atoms with E-state index >= 15 is 0 Å². The third kappa shape index (κ3) is 2.15. The third-order valence-electron chi connectivity index (χ3n) is 3.13. The van der Waals surface area contributed by atoms with Crippen LogP contribution in [0.5, 0.6) is 5.75 Å². The SMILES string of the molecule is CCc1ccc2sc(-c3ccc(O)c(N)c3)nc2c1. The van der Waals surface area contributed by atoms with Gasteiger partial charge in [0.25, 0.3) is 0 Å². The van der Waals surface area contributed by atoms with Gasteiger partial charge in [-0.1, -0.05) is 13.0 Å². The van der Waals surface area contributed by atoms with E-state index in [1.807, 2.05) is 6.07 Å². The van der Waals surface area contributed by atoms with Crippen LogP contribution >= 0.6 is 11.3 Å². The summed E-state index contributed by atoms with van der Waals surface area (Å²) in [5.41, 5.74) is 9.35. The number of benzene rings is 2. The van der Waals surface area contributed by atoms with Crippen LogP contribution in [0.1, 0.15) is 12.5 Å². The molecule has 3 aromatic rings. The average Bonchev–Trinajstić information content (AvgIpc) is 2.84. The van der Waals surface area contributed by atoms with Crippen LogP contribution in [0.4, 0.5) is 5.69 Å². The zero-order valence-corrected chi connectivity index (χ0v) is 11.4. The molecule has 19 heavy (non-hydrogen) atoms. The number of nitrogens with two attached hydrogens (primary N) is 1. The van der Waals surface area contributed by atoms with Crippen LogP contribution in [0.3, 0.4) is 0 Å². The highest BCUT2D eigenvalue weighted by molar-refractivity contribution is 7.21. The standard InChI is InChI=1S/C15H14N2OS/c1-2-9-3-6-14-12(7-9)17-15(19-14)10-4-5-13(18)11(16)8-10/h3-8,18H,2,16H2,1H3. The van der Waals surface area contributed by atoms with Crippen LogP contribution in [-0.4, -0.2) is 10.1 Å². The van der Waals surface area contributed by atoms with Gasteiger partial charge in [-0.15, -0.1) is 11.3 Å². The molecule has 1 aromatic heterocycles. The highest BCUT2D eigenvalue weighted by Crippen LogP contribution is 2.33. The van der Waals surface area contributed by atoms with Gasteiger partial charge in [-0.2, -0.15) is 0 Å². The number of nitrogens with zero attached hydrogens (tertiary/aromatic N) is 1. The number of hydrogen-bond donors (Lipinski definition) is 2. The van der Waals surface area contributed by atoms with E-state index in [1.165, 1.54) is 10.3 Å². The highest BCUT2D eigenvalue weighted by atomic mass is 32.1. The second-order valence-corrected chi connectivity index (χ2v) is 5.48. The highest BCUT2D eigenvalue weighted by Gasteiger charge is 2.08. The second kappa shape index (κ2) is 4.55. The first-order valence-corrected chi connectivity index (χ1v) is 6.97. The van der Waals surface area contributed by atoms with Crippen LogP contribution in [0.2, 0.25) is 0 Å². The van der Waals surface area contributed by atoms with Crippen molar-refractivity contribution in [2.24, 2.45) is 0 Å². The minimum absolute atomic E-state index is 0.109. The van der Waals surface area contributed by atoms with Crippen LogP contribution in [0.15, 0.2) is 36.4 Å². The van der Waals surface area contributed by atoms with E-state index in [-0.39, 0.29) is 5.75 Å². The number of fused-ring (bicyclic) bond motifs is 1. The van der Waals surface area contributed by atoms with Crippen LogP contribution in [0.25, 0.3) is 20.8 Å². The number of nitrogen functional groups attached to an aromatic ring is 1. The van der Waals surface area contributed by atoms with Crippen molar-refractivity contribution in [3.05, 3.63) is 42.0 Å². The maximum absolute atomic E-state index is 9.46. The van der Waals surface area contributed by atoms with Gasteiger partial charge >= 0.3 is 0 Å². The van der Waals surface area contributed by atoms with Crippen molar-refractivity contribution in [2.45, 2.75) is 13.3 Å². The summed E-state index contributed by atoms with van der Waals surface area (Å²) in [6.45, 7) is 2.13. The molecule has 0 saturated carbocycles. The van der Waals surface area contributed by atoms with Gasteiger partial charge in [0.05, 0.1) is 15.9 Å². The first-order chi connectivity index (χ1) is 9.17. The quantitative estimate of drug-likeness (QED) is 0.550. The molecule has 96 valence electrons. The summed E-state index contributed by atoms with van der Waals surface area (Å²) in [6.07, 6.45) is 1.01. The predicted molar refractivity (Wildman–Crippen MR) is 80.5 cm³/mol. The minimum Gasteiger partial charge on any atom is -0.506 e. The second-order valence-electron chi connectivity index (χ2n) is 4.45. The van der Waals surface area contributed by atoms with E-state index in [1.54, 1.807) is 23.5 Å². The van der Waals surface area contributed by atoms with Crippen molar-refractivity contribution < 1.29 is 5.11 Å². The molecule has 0 aliphatic heterocycles. The van der Waals surface area contributed by atoms with E-state index < -0.39 is 0 Å². The third-order valence-corrected chi connectivity index (χ3v) is 4.22. The molecule has 3 nitrogen and oxygen atoms in total. The molecule has 0 unspecified atom stereocenters. The number of anilines is 1. The molecular weight excluding hydrogens is 256 g/mol. The summed E-state index contributed by atoms with van der Waals surface area (Å²) >= 11 is 1.64. The molecule has 0 aliphatic rings. The van der Waals surface area contributed by atoms with Crippen molar-refractivity contribution in [2.75, 3.05) is 5.73 Å². The Morgan fingerprint density at radius 2 is 2.05 bits per heavy atom. The number of aromatic hydroxyl groups is 1. The average molecular weight is 270 g/mol. The monoisotopic (exact) mass is 270 g/mol. The molecule has 3 rings (SSSR count). The molecule has 0 bridgehead atoms. The Labute approximate surface area is 115 Å². The van der Waals surface area contributed by atoms with Gasteiger partial charge in [-0.25, -0.2) is 4.98 Å². The van der Waals surface area contributed by atoms with E-state index in [4.69, 9.17) is 5.73 Å². The zero-order valence-electron chi connectivity index (χ0n) is 10.6. The Hall–Kier alpha value is -2.07. The van der Waals surface area contributed by atoms with Crippen molar-refractivity contribution in [1.29, 1.82) is 0 Å². The van der Waals surface area contributed by atoms with Gasteiger partial charge in [0.1, 0.15) is 10.8 Å². The minimum atomic E-state index is 0.109. The smallest absolute Gasteiger partial charge is 0.138 e. The molecule has 0 radical (unpaired) electrons. The van der Waals surface area contributed by atoms with E-state index in [9.17, 15) is 5.11 Å². The Balaban J connectivity index is 2.11. The summed E-state index contributed by atoms with van der Waals surface area (Å²) in [5.74, 6) is 0.109. The largest absolute Gasteiger partial charge is 0.506 e. The maximum atomic E-state index is 9.46. The summed E-state index contributed by atoms with van der Waals surface area (Å²) in [5, 5.41) is 10.4. The van der Waals surface area contributed by atoms with Gasteiger partial charge in [0.15, 0.2) is 0 Å². The molecule has 0 atom stereocenters. The number of aryl methyl sites for hydroxylation is 1. The van der Waals surface area contributed by atoms with Crippen LogP contribution in [-0.2, 0) is 6.42 Å². The Morgan fingerprint density at radius 3 is 2.79 bits per heavy atom. The molecule has 0 aliphatic carbocycles. The molecule has 0 spiro atoms. The topological polar surface area (TPSA) is 59.1 Å². The Bertz CT molecular complexity index is 749. The van der Waals surface area contributed by atoms with Gasteiger partial charge in [0.2, 0.25) is 0 Å². The number of thiazole rings is 1. The van der Waals surface area contributed by atoms with Gasteiger partial charge in [0, 0.05) is 5.56 Å². The molecule has 0 amide bonds. The lowest BCUT2D eigenvalue weighted by atomic mass is 10.1. The summed E-state index contributed by atoms with van der Waals surface area (Å²) in [6, 6.07) is 11.6. The lowest BCUT2D eigenvalue weighted by molar-refractivity contribution is 0.478. The van der Waals surface area contributed by atoms with Crippen molar-refractivity contribution in [1.82, 2.24) is 4.98 Å².